The van der Waals surface area contributed by atoms with E-state index >= 15 is 0 Å². The van der Waals surface area contributed by atoms with Gasteiger partial charge in [0.1, 0.15) is 18.8 Å². The molecule has 0 aromatic heterocycles. The van der Waals surface area contributed by atoms with Crippen LogP contribution in [0.25, 0.3) is 0 Å². The predicted octanol–water partition coefficient (Wildman–Crippen LogP) is 2.76. The number of allylic oxidation sites excluding steroid dienone is 3. The third kappa shape index (κ3) is 5.53. The predicted molar refractivity (Wildman–Crippen MR) is 105 cm³/mol. The second-order valence-corrected chi connectivity index (χ2v) is 7.19. The zero-order chi connectivity index (χ0) is 21.7. The van der Waals surface area contributed by atoms with Gasteiger partial charge in [-0.2, -0.15) is 0 Å². The normalized spacial score (nSPS) is 29.0. The maximum absolute atomic E-state index is 12.7. The Morgan fingerprint density at radius 3 is 2.62 bits per heavy atom. The van der Waals surface area contributed by atoms with Crippen LogP contribution in [-0.4, -0.2) is 42.5 Å². The molecule has 1 saturated heterocycles. The van der Waals surface area contributed by atoms with E-state index in [1.807, 2.05) is 6.92 Å². The first-order valence-electron chi connectivity index (χ1n) is 9.40. The van der Waals surface area contributed by atoms with Gasteiger partial charge < -0.3 is 14.2 Å². The first-order valence-corrected chi connectivity index (χ1v) is 9.40. The van der Waals surface area contributed by atoms with Gasteiger partial charge in [-0.1, -0.05) is 24.3 Å². The molecular weight excluding hydrogens is 376 g/mol. The van der Waals surface area contributed by atoms with Crippen LogP contribution in [0.3, 0.4) is 0 Å². The van der Waals surface area contributed by atoms with Crippen LogP contribution < -0.4 is 0 Å². The summed E-state index contributed by atoms with van der Waals surface area (Å²) in [6.07, 6.45) is 3.95. The fourth-order valence-electron chi connectivity index (χ4n) is 3.24. The van der Waals surface area contributed by atoms with Gasteiger partial charge in [0.15, 0.2) is 5.78 Å². The molecule has 2 aliphatic rings. The number of esters is 3. The molecule has 0 N–H and O–H groups in total. The number of ether oxygens (including phenoxy) is 3. The highest BCUT2D eigenvalue weighted by Gasteiger charge is 2.44. The number of carbonyl (C=O) groups excluding carboxylic acids is 4. The van der Waals surface area contributed by atoms with E-state index in [0.717, 1.165) is 5.57 Å². The maximum atomic E-state index is 12.7. The SMILES string of the molecule is C=C1C(=O)O[C@@H]2/C=C(/C)C(=O)C/C=C(\C)C[C@@H](OC(=O)/C(=C/C)COC(C)=O)[C@@H]12. The molecule has 1 aliphatic heterocycles. The minimum atomic E-state index is -0.745. The van der Waals surface area contributed by atoms with Crippen molar-refractivity contribution < 1.29 is 33.4 Å². The van der Waals surface area contributed by atoms with Gasteiger partial charge in [-0.3, -0.25) is 9.59 Å². The zero-order valence-electron chi connectivity index (χ0n) is 17.2. The lowest BCUT2D eigenvalue weighted by Crippen LogP contribution is -2.34. The van der Waals surface area contributed by atoms with Gasteiger partial charge in [0.2, 0.25) is 0 Å². The molecule has 1 fully saturated rings. The van der Waals surface area contributed by atoms with Crippen molar-refractivity contribution in [2.45, 2.75) is 52.7 Å². The summed E-state index contributed by atoms with van der Waals surface area (Å²) in [6.45, 7) is 10.00. The third-order valence-corrected chi connectivity index (χ3v) is 4.98. The van der Waals surface area contributed by atoms with Crippen LogP contribution in [-0.2, 0) is 33.4 Å². The van der Waals surface area contributed by atoms with E-state index in [9.17, 15) is 19.2 Å². The number of hydrogen-bond acceptors (Lipinski definition) is 7. The Hall–Kier alpha value is -2.96. The molecule has 0 aromatic rings. The highest BCUT2D eigenvalue weighted by atomic mass is 16.6. The van der Waals surface area contributed by atoms with E-state index < -0.39 is 36.0 Å². The second kappa shape index (κ2) is 9.49. The molecule has 0 bridgehead atoms. The average molecular weight is 402 g/mol. The van der Waals surface area contributed by atoms with E-state index in [1.54, 1.807) is 26.0 Å². The molecule has 0 radical (unpaired) electrons. The minimum absolute atomic E-state index is 0.0651. The van der Waals surface area contributed by atoms with Crippen molar-refractivity contribution in [3.05, 3.63) is 47.1 Å². The molecule has 0 unspecified atom stereocenters. The average Bonchev–Trinajstić information content (AvgIpc) is 2.92. The molecule has 0 aromatic carbocycles. The van der Waals surface area contributed by atoms with E-state index in [4.69, 9.17) is 14.2 Å². The van der Waals surface area contributed by atoms with E-state index in [1.165, 1.54) is 13.0 Å². The molecule has 29 heavy (non-hydrogen) atoms. The topological polar surface area (TPSA) is 96.0 Å². The molecule has 0 amide bonds. The van der Waals surface area contributed by atoms with Gasteiger partial charge in [0, 0.05) is 25.3 Å². The number of rotatable bonds is 4. The Morgan fingerprint density at radius 1 is 1.31 bits per heavy atom. The number of carbonyl (C=O) groups is 4. The van der Waals surface area contributed by atoms with Gasteiger partial charge in [-0.05, 0) is 32.4 Å². The van der Waals surface area contributed by atoms with Gasteiger partial charge in [-0.15, -0.1) is 0 Å². The van der Waals surface area contributed by atoms with Crippen molar-refractivity contribution in [1.82, 2.24) is 0 Å². The summed E-state index contributed by atoms with van der Waals surface area (Å²) in [7, 11) is 0. The molecule has 156 valence electrons. The van der Waals surface area contributed by atoms with Gasteiger partial charge in [0.05, 0.1) is 11.5 Å². The van der Waals surface area contributed by atoms with E-state index in [2.05, 4.69) is 6.58 Å². The summed E-state index contributed by atoms with van der Waals surface area (Å²) in [6, 6.07) is 0. The fraction of sp³-hybridized carbons (Fsp3) is 0.455. The zero-order valence-corrected chi connectivity index (χ0v) is 17.2. The Bertz CT molecular complexity index is 828. The van der Waals surface area contributed by atoms with E-state index in [0.29, 0.717) is 12.0 Å². The van der Waals surface area contributed by atoms with Crippen molar-refractivity contribution in [2.24, 2.45) is 5.92 Å². The molecule has 1 heterocycles. The molecule has 7 nitrogen and oxygen atoms in total. The summed E-state index contributed by atoms with van der Waals surface area (Å²) in [5.41, 5.74) is 1.70. The smallest absolute Gasteiger partial charge is 0.337 e. The minimum Gasteiger partial charge on any atom is -0.461 e. The van der Waals surface area contributed by atoms with Crippen molar-refractivity contribution in [3.8, 4) is 0 Å². The highest BCUT2D eigenvalue weighted by molar-refractivity contribution is 5.96. The third-order valence-electron chi connectivity index (χ3n) is 4.98. The number of Topliss-reactive ketones (excluding diaryl/α,β-unsaturated/α-hetero) is 1. The molecule has 3 atom stereocenters. The Balaban J connectivity index is 2.35. The lowest BCUT2D eigenvalue weighted by Gasteiger charge is -2.27. The van der Waals surface area contributed by atoms with Crippen LogP contribution in [0.1, 0.15) is 40.5 Å². The lowest BCUT2D eigenvalue weighted by molar-refractivity contribution is -0.149. The molecule has 1 aliphatic carbocycles. The van der Waals surface area contributed by atoms with Crippen molar-refractivity contribution >= 4 is 23.7 Å². The highest BCUT2D eigenvalue weighted by Crippen LogP contribution is 2.36. The molecule has 7 heteroatoms. The first kappa shape index (κ1) is 22.3. The van der Waals surface area contributed by atoms with Crippen LogP contribution in [0.15, 0.2) is 47.1 Å². The van der Waals surface area contributed by atoms with Crippen LogP contribution in [0.5, 0.6) is 0 Å². The maximum Gasteiger partial charge on any atom is 0.337 e. The summed E-state index contributed by atoms with van der Waals surface area (Å²) in [5.74, 6) is -2.42. The van der Waals surface area contributed by atoms with Gasteiger partial charge >= 0.3 is 17.9 Å². The Kier molecular flexibility index (Phi) is 7.31. The number of ketones is 1. The summed E-state index contributed by atoms with van der Waals surface area (Å²) in [4.78, 5) is 48.1. The van der Waals surface area contributed by atoms with Crippen LogP contribution in [0, 0.1) is 5.92 Å². The quantitative estimate of drug-likeness (QED) is 0.309. The van der Waals surface area contributed by atoms with Crippen LogP contribution in [0.2, 0.25) is 0 Å². The Morgan fingerprint density at radius 2 is 2.00 bits per heavy atom. The Labute approximate surface area is 170 Å². The molecular formula is C22H26O7. The fourth-order valence-corrected chi connectivity index (χ4v) is 3.24. The monoisotopic (exact) mass is 402 g/mol. The number of hydrogen-bond donors (Lipinski definition) is 0. The summed E-state index contributed by atoms with van der Waals surface area (Å²) in [5, 5.41) is 0. The largest absolute Gasteiger partial charge is 0.461 e. The van der Waals surface area contributed by atoms with Gasteiger partial charge in [-0.25, -0.2) is 9.59 Å². The van der Waals surface area contributed by atoms with Gasteiger partial charge in [0.25, 0.3) is 0 Å². The van der Waals surface area contributed by atoms with Crippen molar-refractivity contribution in [2.75, 3.05) is 6.61 Å². The molecule has 0 saturated carbocycles. The van der Waals surface area contributed by atoms with E-state index in [-0.39, 0.29) is 30.0 Å². The second-order valence-electron chi connectivity index (χ2n) is 7.19. The van der Waals surface area contributed by atoms with Crippen LogP contribution >= 0.6 is 0 Å². The summed E-state index contributed by atoms with van der Waals surface area (Å²) < 4.78 is 16.0. The molecule has 2 rings (SSSR count). The summed E-state index contributed by atoms with van der Waals surface area (Å²) >= 11 is 0. The van der Waals surface area contributed by atoms with Crippen molar-refractivity contribution in [3.63, 3.8) is 0 Å². The number of fused-ring (bicyclic) bond motifs is 1. The van der Waals surface area contributed by atoms with Crippen molar-refractivity contribution in [1.29, 1.82) is 0 Å². The first-order chi connectivity index (χ1) is 13.6. The molecule has 0 spiro atoms. The standard InChI is InChI=1S/C22H26O7/c1-6-16(11-27-15(5)23)22(26)29-18-9-12(2)7-8-17(24)13(3)10-19-20(18)14(4)21(25)28-19/h6-7,10,18-20H,4,8-9,11H2,1-3,5H3/b12-7+,13-10-,16-6+/t18-,19-,20-/m1/s1. The van der Waals surface area contributed by atoms with Crippen LogP contribution in [0.4, 0.5) is 0 Å². The lowest BCUT2D eigenvalue weighted by atomic mass is 9.85.